The number of benzene rings is 1. The van der Waals surface area contributed by atoms with E-state index >= 15 is 0 Å². The van der Waals surface area contributed by atoms with Gasteiger partial charge in [-0.15, -0.1) is 0 Å². The van der Waals surface area contributed by atoms with Gasteiger partial charge in [-0.3, -0.25) is 0 Å². The summed E-state index contributed by atoms with van der Waals surface area (Å²) in [7, 11) is 0. The molecule has 0 spiro atoms. The van der Waals surface area contributed by atoms with Crippen LogP contribution in [0, 0.1) is 0 Å². The SMILES string of the molecule is ClC(Cl)=C(Cl)/N=C(\Cl)c1ccc(Cl)cc1. The van der Waals surface area contributed by atoms with Gasteiger partial charge in [-0.25, -0.2) is 4.99 Å². The van der Waals surface area contributed by atoms with Crippen LogP contribution < -0.4 is 0 Å². The molecule has 1 aromatic rings. The van der Waals surface area contributed by atoms with Crippen molar-refractivity contribution in [1.29, 1.82) is 0 Å². The molecule has 1 aromatic carbocycles. The van der Waals surface area contributed by atoms with E-state index in [0.717, 1.165) is 0 Å². The first kappa shape index (κ1) is 13.1. The molecular weight excluding hydrogens is 299 g/mol. The summed E-state index contributed by atoms with van der Waals surface area (Å²) in [6.07, 6.45) is 0. The van der Waals surface area contributed by atoms with E-state index in [-0.39, 0.29) is 14.8 Å². The van der Waals surface area contributed by atoms with E-state index in [9.17, 15) is 0 Å². The average molecular weight is 303 g/mol. The second-order valence-corrected chi connectivity index (χ2v) is 4.56. The number of halogens is 5. The van der Waals surface area contributed by atoms with Crippen LogP contribution in [0.15, 0.2) is 38.9 Å². The third kappa shape index (κ3) is 4.21. The van der Waals surface area contributed by atoms with Crippen molar-refractivity contribution in [2.24, 2.45) is 4.99 Å². The molecule has 0 aliphatic heterocycles. The zero-order valence-corrected chi connectivity index (χ0v) is 10.9. The Hall–Kier alpha value is 0.0800. The van der Waals surface area contributed by atoms with Gasteiger partial charge in [0, 0.05) is 10.6 Å². The van der Waals surface area contributed by atoms with Gasteiger partial charge in [-0.1, -0.05) is 70.1 Å². The summed E-state index contributed by atoms with van der Waals surface area (Å²) in [6, 6.07) is 6.80. The van der Waals surface area contributed by atoms with Crippen LogP contribution in [0.5, 0.6) is 0 Å². The van der Waals surface area contributed by atoms with E-state index in [4.69, 9.17) is 58.0 Å². The summed E-state index contributed by atoms with van der Waals surface area (Å²) in [4.78, 5) is 3.80. The van der Waals surface area contributed by atoms with E-state index in [1.807, 2.05) is 0 Å². The molecule has 6 heteroatoms. The molecule has 0 saturated carbocycles. The number of hydrogen-bond donors (Lipinski definition) is 0. The summed E-state index contributed by atoms with van der Waals surface area (Å²) < 4.78 is -0.135. The minimum atomic E-state index is -0.135. The zero-order chi connectivity index (χ0) is 11.4. The van der Waals surface area contributed by atoms with Gasteiger partial charge in [0.15, 0.2) is 5.16 Å². The van der Waals surface area contributed by atoms with Crippen molar-refractivity contribution in [3.05, 3.63) is 44.5 Å². The summed E-state index contributed by atoms with van der Waals surface area (Å²) >= 11 is 28.0. The molecule has 0 N–H and O–H groups in total. The van der Waals surface area contributed by atoms with Gasteiger partial charge in [0.2, 0.25) is 0 Å². The van der Waals surface area contributed by atoms with Crippen LogP contribution in [0.4, 0.5) is 0 Å². The molecule has 0 unspecified atom stereocenters. The van der Waals surface area contributed by atoms with Gasteiger partial charge < -0.3 is 0 Å². The lowest BCUT2D eigenvalue weighted by Gasteiger charge is -1.98. The molecule has 0 aliphatic carbocycles. The Kier molecular flexibility index (Phi) is 5.24. The van der Waals surface area contributed by atoms with Gasteiger partial charge in [-0.2, -0.15) is 0 Å². The van der Waals surface area contributed by atoms with Crippen LogP contribution in [0.3, 0.4) is 0 Å². The molecule has 0 amide bonds. The fraction of sp³-hybridized carbons (Fsp3) is 0. The van der Waals surface area contributed by atoms with Gasteiger partial charge >= 0.3 is 0 Å². The van der Waals surface area contributed by atoms with Crippen molar-refractivity contribution in [2.45, 2.75) is 0 Å². The minimum Gasteiger partial charge on any atom is -0.221 e. The minimum absolute atomic E-state index is 0.0571. The fourth-order valence-electron chi connectivity index (χ4n) is 0.780. The smallest absolute Gasteiger partial charge is 0.160 e. The highest BCUT2D eigenvalue weighted by atomic mass is 35.5. The quantitative estimate of drug-likeness (QED) is 0.528. The van der Waals surface area contributed by atoms with E-state index in [1.54, 1.807) is 24.3 Å². The van der Waals surface area contributed by atoms with Crippen molar-refractivity contribution in [1.82, 2.24) is 0 Å². The van der Waals surface area contributed by atoms with Crippen LogP contribution in [-0.2, 0) is 0 Å². The van der Waals surface area contributed by atoms with Crippen molar-refractivity contribution in [2.75, 3.05) is 0 Å². The van der Waals surface area contributed by atoms with E-state index in [2.05, 4.69) is 4.99 Å². The predicted octanol–water partition coefficient (Wildman–Crippen LogP) is 5.17. The van der Waals surface area contributed by atoms with Crippen LogP contribution >= 0.6 is 58.0 Å². The van der Waals surface area contributed by atoms with Crippen molar-refractivity contribution in [3.63, 3.8) is 0 Å². The molecule has 0 fully saturated rings. The van der Waals surface area contributed by atoms with Crippen LogP contribution in [0.1, 0.15) is 5.56 Å². The summed E-state index contributed by atoms with van der Waals surface area (Å²) in [5.41, 5.74) is 0.675. The molecule has 0 radical (unpaired) electrons. The Bertz CT molecular complexity index is 403. The molecular formula is C9H4Cl5N. The van der Waals surface area contributed by atoms with Gasteiger partial charge in [-0.05, 0) is 12.1 Å². The monoisotopic (exact) mass is 301 g/mol. The molecule has 15 heavy (non-hydrogen) atoms. The first-order chi connectivity index (χ1) is 7.00. The Morgan fingerprint density at radius 3 is 1.93 bits per heavy atom. The lowest BCUT2D eigenvalue weighted by molar-refractivity contribution is 1.51. The van der Waals surface area contributed by atoms with Crippen molar-refractivity contribution < 1.29 is 0 Å². The van der Waals surface area contributed by atoms with Gasteiger partial charge in [0.05, 0.1) is 0 Å². The highest BCUT2D eigenvalue weighted by molar-refractivity contribution is 6.70. The maximum absolute atomic E-state index is 5.87. The van der Waals surface area contributed by atoms with Crippen molar-refractivity contribution in [3.8, 4) is 0 Å². The largest absolute Gasteiger partial charge is 0.221 e. The number of rotatable bonds is 2. The van der Waals surface area contributed by atoms with E-state index in [0.29, 0.717) is 10.6 Å². The average Bonchev–Trinajstić information content (AvgIpc) is 2.18. The summed E-state index contributed by atoms with van der Waals surface area (Å²) in [5.74, 6) is 0. The van der Waals surface area contributed by atoms with Gasteiger partial charge in [0.1, 0.15) is 9.66 Å². The Labute approximate surface area is 112 Å². The first-order valence-electron chi connectivity index (χ1n) is 3.71. The molecule has 0 aliphatic rings. The van der Waals surface area contributed by atoms with Crippen molar-refractivity contribution >= 4 is 63.2 Å². The molecule has 80 valence electrons. The van der Waals surface area contributed by atoms with Crippen LogP contribution in [0.2, 0.25) is 5.02 Å². The zero-order valence-electron chi connectivity index (χ0n) is 7.15. The molecule has 0 aromatic heterocycles. The third-order valence-electron chi connectivity index (χ3n) is 1.43. The normalized spacial score (nSPS) is 11.4. The molecule has 0 saturated heterocycles. The molecule has 1 rings (SSSR count). The highest BCUT2D eigenvalue weighted by Gasteiger charge is 2.02. The second-order valence-electron chi connectivity index (χ2n) is 2.46. The maximum Gasteiger partial charge on any atom is 0.160 e. The Morgan fingerprint density at radius 1 is 0.933 bits per heavy atom. The summed E-state index contributed by atoms with van der Waals surface area (Å²) in [5, 5.41) is 0.744. The summed E-state index contributed by atoms with van der Waals surface area (Å²) in [6.45, 7) is 0. The second kappa shape index (κ2) is 5.97. The lowest BCUT2D eigenvalue weighted by Crippen LogP contribution is -1.90. The van der Waals surface area contributed by atoms with Crippen LogP contribution in [0.25, 0.3) is 0 Å². The van der Waals surface area contributed by atoms with Gasteiger partial charge in [0.25, 0.3) is 0 Å². The molecule has 0 atom stereocenters. The maximum atomic E-state index is 5.87. The fourth-order valence-corrected chi connectivity index (χ4v) is 1.33. The van der Waals surface area contributed by atoms with E-state index < -0.39 is 0 Å². The Balaban J connectivity index is 2.99. The lowest BCUT2D eigenvalue weighted by atomic mass is 10.2. The number of hydrogen-bond acceptors (Lipinski definition) is 1. The van der Waals surface area contributed by atoms with E-state index in [1.165, 1.54) is 0 Å². The topological polar surface area (TPSA) is 12.4 Å². The number of nitrogens with zero attached hydrogens (tertiary/aromatic N) is 1. The molecule has 1 nitrogen and oxygen atoms in total. The number of aliphatic imine (C=N–C) groups is 1. The Morgan fingerprint density at radius 2 is 1.47 bits per heavy atom. The third-order valence-corrected chi connectivity index (χ3v) is 2.81. The molecule has 0 heterocycles. The van der Waals surface area contributed by atoms with Crippen LogP contribution in [-0.4, -0.2) is 5.17 Å². The molecule has 0 bridgehead atoms. The highest BCUT2D eigenvalue weighted by Crippen LogP contribution is 2.21. The predicted molar refractivity (Wildman–Crippen MR) is 68.4 cm³/mol. The first-order valence-corrected chi connectivity index (χ1v) is 5.60. The standard InChI is InChI=1S/C9H4Cl5N/c10-6-3-1-5(2-4-6)8(13)15-9(14)7(11)12/h1-4H/b15-8-.